The molecule has 0 aliphatic rings. The van der Waals surface area contributed by atoms with Gasteiger partial charge in [0.1, 0.15) is 11.6 Å². The van der Waals surface area contributed by atoms with E-state index in [2.05, 4.69) is 4.99 Å². The van der Waals surface area contributed by atoms with Gasteiger partial charge in [-0.2, -0.15) is 0 Å². The molecular weight excluding hydrogens is 318 g/mol. The summed E-state index contributed by atoms with van der Waals surface area (Å²) in [5.41, 5.74) is 0.761. The minimum atomic E-state index is -0.887. The molecule has 0 saturated carbocycles. The van der Waals surface area contributed by atoms with Crippen molar-refractivity contribution < 1.29 is 14.6 Å². The maximum Gasteiger partial charge on any atom is 0.410 e. The third kappa shape index (κ3) is 7.94. The second kappa shape index (κ2) is 9.32. The maximum atomic E-state index is 12.1. The summed E-state index contributed by atoms with van der Waals surface area (Å²) in [6.07, 6.45) is 0.689. The van der Waals surface area contributed by atoms with Crippen LogP contribution < -0.4 is 0 Å². The first kappa shape index (κ1) is 20.8. The predicted octanol–water partition coefficient (Wildman–Crippen LogP) is 3.46. The normalized spacial score (nSPS) is 14.2. The molecule has 2 atom stereocenters. The van der Waals surface area contributed by atoms with E-state index in [1.54, 1.807) is 41.0 Å². The average molecular weight is 347 g/mol. The number of aliphatic hydroxyl groups is 1. The first-order valence-electron chi connectivity index (χ1n) is 8.33. The van der Waals surface area contributed by atoms with Crippen LogP contribution in [0.25, 0.3) is 0 Å². The molecule has 2 unspecified atom stereocenters. The Labute approximate surface area is 150 Å². The molecule has 0 aliphatic heterocycles. The van der Waals surface area contributed by atoms with E-state index in [4.69, 9.17) is 10.1 Å². The highest BCUT2D eigenvalue weighted by atomic mass is 16.6. The Balaban J connectivity index is 2.85. The Morgan fingerprint density at radius 1 is 1.36 bits per heavy atom. The van der Waals surface area contributed by atoms with Crippen LogP contribution >= 0.6 is 0 Å². The van der Waals surface area contributed by atoms with Crippen molar-refractivity contribution in [2.24, 2.45) is 4.99 Å². The number of hydrogen-bond acceptors (Lipinski definition) is 5. The fraction of sp³-hybridized carbons (Fsp3) is 0.526. The molecule has 1 aromatic rings. The van der Waals surface area contributed by atoms with Gasteiger partial charge in [0.2, 0.25) is 0 Å². The zero-order valence-electron chi connectivity index (χ0n) is 15.7. The first-order valence-corrected chi connectivity index (χ1v) is 8.33. The SMILES string of the molecule is CC(=N)CC=NC(c1ccccc1)C(O)CN(C)C(=O)OC(C)(C)C. The smallest absolute Gasteiger partial charge is 0.410 e. The van der Waals surface area contributed by atoms with Crippen LogP contribution in [0, 0.1) is 5.41 Å². The summed E-state index contributed by atoms with van der Waals surface area (Å²) in [5.74, 6) is 0. The van der Waals surface area contributed by atoms with E-state index in [0.717, 1.165) is 5.56 Å². The van der Waals surface area contributed by atoms with E-state index >= 15 is 0 Å². The zero-order chi connectivity index (χ0) is 19.0. The van der Waals surface area contributed by atoms with Crippen molar-refractivity contribution in [2.45, 2.75) is 51.9 Å². The standard InChI is InChI=1S/C19H29N3O3/c1-14(20)11-12-21-17(15-9-7-6-8-10-15)16(23)13-22(5)18(24)25-19(2,3)4/h6-10,12,16-17,20,23H,11,13H2,1-5H3. The number of nitrogens with zero attached hydrogens (tertiary/aromatic N) is 2. The molecule has 2 N–H and O–H groups in total. The predicted molar refractivity (Wildman–Crippen MR) is 101 cm³/mol. The summed E-state index contributed by atoms with van der Waals surface area (Å²) in [7, 11) is 1.59. The lowest BCUT2D eigenvalue weighted by Crippen LogP contribution is -2.40. The number of nitrogens with one attached hydrogen (secondary N) is 1. The van der Waals surface area contributed by atoms with E-state index in [0.29, 0.717) is 12.1 Å². The molecule has 6 nitrogen and oxygen atoms in total. The van der Waals surface area contributed by atoms with Gasteiger partial charge in [0.15, 0.2) is 0 Å². The van der Waals surface area contributed by atoms with E-state index in [1.807, 2.05) is 30.3 Å². The van der Waals surface area contributed by atoms with Gasteiger partial charge < -0.3 is 20.2 Å². The van der Waals surface area contributed by atoms with E-state index in [9.17, 15) is 9.90 Å². The fourth-order valence-corrected chi connectivity index (χ4v) is 2.16. The van der Waals surface area contributed by atoms with Gasteiger partial charge >= 0.3 is 6.09 Å². The molecule has 0 heterocycles. The molecule has 0 fully saturated rings. The van der Waals surface area contributed by atoms with Gasteiger partial charge in [-0.15, -0.1) is 0 Å². The van der Waals surface area contributed by atoms with Crippen molar-refractivity contribution in [1.82, 2.24) is 4.90 Å². The van der Waals surface area contributed by atoms with Crippen molar-refractivity contribution in [1.29, 1.82) is 5.41 Å². The van der Waals surface area contributed by atoms with Crippen LogP contribution in [0.5, 0.6) is 0 Å². The number of hydrogen-bond donors (Lipinski definition) is 2. The fourth-order valence-electron chi connectivity index (χ4n) is 2.16. The van der Waals surface area contributed by atoms with Crippen LogP contribution in [0.2, 0.25) is 0 Å². The molecule has 1 aromatic carbocycles. The van der Waals surface area contributed by atoms with E-state index in [-0.39, 0.29) is 6.54 Å². The van der Waals surface area contributed by atoms with Crippen LogP contribution in [0.15, 0.2) is 35.3 Å². The van der Waals surface area contributed by atoms with Crippen molar-refractivity contribution >= 4 is 18.0 Å². The second-order valence-corrected chi connectivity index (χ2v) is 7.10. The number of carbonyl (C=O) groups excluding carboxylic acids is 1. The molecular formula is C19H29N3O3. The highest BCUT2D eigenvalue weighted by molar-refractivity contribution is 5.91. The number of ether oxygens (including phenoxy) is 1. The van der Waals surface area contributed by atoms with Gasteiger partial charge in [-0.05, 0) is 33.3 Å². The number of amides is 1. The lowest BCUT2D eigenvalue weighted by molar-refractivity contribution is 0.0182. The van der Waals surface area contributed by atoms with Crippen LogP contribution in [0.3, 0.4) is 0 Å². The number of benzene rings is 1. The van der Waals surface area contributed by atoms with E-state index in [1.165, 1.54) is 4.90 Å². The van der Waals surface area contributed by atoms with Crippen LogP contribution in [-0.4, -0.2) is 53.3 Å². The van der Waals surface area contributed by atoms with Crippen molar-refractivity contribution in [2.75, 3.05) is 13.6 Å². The molecule has 6 heteroatoms. The summed E-state index contributed by atoms with van der Waals surface area (Å²) in [6.45, 7) is 7.19. The third-order valence-electron chi connectivity index (χ3n) is 3.34. The number of carbonyl (C=O) groups is 1. The summed E-state index contributed by atoms with van der Waals surface area (Å²) in [6, 6.07) is 8.91. The Kier molecular flexibility index (Phi) is 7.77. The van der Waals surface area contributed by atoms with Gasteiger partial charge in [-0.25, -0.2) is 4.79 Å². The molecule has 0 bridgehead atoms. The average Bonchev–Trinajstić information content (AvgIpc) is 2.50. The number of likely N-dealkylation sites (N-methyl/N-ethyl adjacent to an activating group) is 1. The van der Waals surface area contributed by atoms with Gasteiger partial charge in [0.25, 0.3) is 0 Å². The molecule has 0 spiro atoms. The maximum absolute atomic E-state index is 12.1. The molecule has 25 heavy (non-hydrogen) atoms. The van der Waals surface area contributed by atoms with Crippen LogP contribution in [0.1, 0.15) is 45.7 Å². The van der Waals surface area contributed by atoms with Crippen LogP contribution in [0.4, 0.5) is 4.79 Å². The summed E-state index contributed by atoms with van der Waals surface area (Å²) < 4.78 is 5.31. The Hall–Kier alpha value is -2.21. The molecule has 138 valence electrons. The topological polar surface area (TPSA) is 86.0 Å². The number of aliphatic hydroxyl groups excluding tert-OH is 1. The molecule has 0 saturated heterocycles. The van der Waals surface area contributed by atoms with Gasteiger partial charge in [-0.1, -0.05) is 30.3 Å². The number of aliphatic imine (C=N–C) groups is 1. The summed E-state index contributed by atoms with van der Waals surface area (Å²) >= 11 is 0. The monoisotopic (exact) mass is 347 g/mol. The zero-order valence-corrected chi connectivity index (χ0v) is 15.7. The third-order valence-corrected chi connectivity index (χ3v) is 3.34. The second-order valence-electron chi connectivity index (χ2n) is 7.10. The Bertz CT molecular complexity index is 594. The molecule has 0 aromatic heterocycles. The van der Waals surface area contributed by atoms with Crippen molar-refractivity contribution in [3.63, 3.8) is 0 Å². The van der Waals surface area contributed by atoms with Crippen molar-refractivity contribution in [3.8, 4) is 0 Å². The van der Waals surface area contributed by atoms with E-state index < -0.39 is 23.8 Å². The van der Waals surface area contributed by atoms with Crippen molar-refractivity contribution in [3.05, 3.63) is 35.9 Å². The highest BCUT2D eigenvalue weighted by Crippen LogP contribution is 2.22. The van der Waals surface area contributed by atoms with Gasteiger partial charge in [0, 0.05) is 25.4 Å². The van der Waals surface area contributed by atoms with Gasteiger partial charge in [-0.3, -0.25) is 4.99 Å². The lowest BCUT2D eigenvalue weighted by atomic mass is 10.0. The number of rotatable bonds is 7. The minimum Gasteiger partial charge on any atom is -0.444 e. The van der Waals surface area contributed by atoms with Crippen LogP contribution in [-0.2, 0) is 4.74 Å². The largest absolute Gasteiger partial charge is 0.444 e. The minimum absolute atomic E-state index is 0.0926. The molecule has 1 amide bonds. The highest BCUT2D eigenvalue weighted by Gasteiger charge is 2.26. The summed E-state index contributed by atoms with van der Waals surface area (Å²) in [4.78, 5) is 17.9. The Morgan fingerprint density at radius 2 is 1.96 bits per heavy atom. The molecule has 0 radical (unpaired) electrons. The first-order chi connectivity index (χ1) is 11.6. The molecule has 1 rings (SSSR count). The molecule has 0 aliphatic carbocycles. The lowest BCUT2D eigenvalue weighted by Gasteiger charge is -2.28. The van der Waals surface area contributed by atoms with Gasteiger partial charge in [0.05, 0.1) is 12.6 Å². The quantitative estimate of drug-likeness (QED) is 0.741. The Morgan fingerprint density at radius 3 is 2.48 bits per heavy atom. The summed E-state index contributed by atoms with van der Waals surface area (Å²) in [5, 5.41) is 18.1.